The molecule has 5 amide bonds. The molecular weight excluding hydrogens is 1220 g/mol. The topological polar surface area (TPSA) is 172 Å². The van der Waals surface area contributed by atoms with Crippen LogP contribution in [-0.4, -0.2) is 152 Å². The van der Waals surface area contributed by atoms with Crippen molar-refractivity contribution in [2.75, 3.05) is 82.7 Å². The van der Waals surface area contributed by atoms with Crippen LogP contribution in [0.15, 0.2) is 48.7 Å². The number of benzene rings is 3. The van der Waals surface area contributed by atoms with Gasteiger partial charge in [-0.3, -0.25) is 29.7 Å². The molecule has 1 saturated carbocycles. The third kappa shape index (κ3) is 14.6. The molecule has 93 heavy (non-hydrogen) atoms. The molecular formula is C72H94ClF2N9O8Si. The van der Waals surface area contributed by atoms with Gasteiger partial charge < -0.3 is 33.6 Å². The van der Waals surface area contributed by atoms with Crippen LogP contribution in [0, 0.1) is 40.3 Å². The van der Waals surface area contributed by atoms with Gasteiger partial charge in [-0.15, -0.1) is 5.54 Å². The summed E-state index contributed by atoms with van der Waals surface area (Å²) in [6, 6.07) is 10.8. The zero-order valence-electron chi connectivity index (χ0n) is 56.1. The van der Waals surface area contributed by atoms with E-state index in [9.17, 15) is 19.2 Å². The standard InChI is InChI=1S/C72H94ClF2N9O8Si/c1-45(2)93(46(3)4,47(5)6)36-25-55-59(74)19-15-50-37-54(91-44-89-10)39-56(62(50)55)64-63(75)65-57(40-76-64)66(82-41-52-16-17-53(42-82)84(52)70(88)92-71(7,8)9)79-68(78-65)90-43-49-22-31-80(32-23-49)30-12-11-13-48-20-26-72(27-21-48)28-34-81(35-29-72)67(86)51-14-18-58(73)60(38-51)83-33-24-61(85)77-69(83)87/h14-15,18-19,37-40,45-49,52-53H,11-13,16-17,20-24,26-35,41-44H2,1-10H3,(H,77,85,87). The summed E-state index contributed by atoms with van der Waals surface area (Å²) in [5.74, 6) is 3.59. The summed E-state index contributed by atoms with van der Waals surface area (Å²) in [5.41, 5.74) is 5.61. The third-order valence-electron chi connectivity index (χ3n) is 21.2. The number of nitrogens with zero attached hydrogens (tertiary/aromatic N) is 8. The van der Waals surface area contributed by atoms with Gasteiger partial charge in [0.1, 0.15) is 42.3 Å². The number of nitrogens with one attached hydrogen (secondary N) is 1. The first-order chi connectivity index (χ1) is 44.4. The van der Waals surface area contributed by atoms with Gasteiger partial charge in [0.05, 0.1) is 40.4 Å². The van der Waals surface area contributed by atoms with E-state index in [2.05, 4.69) is 68.1 Å². The lowest BCUT2D eigenvalue weighted by Gasteiger charge is -2.46. The number of piperazine rings is 1. The number of urea groups is 1. The Morgan fingerprint density at radius 3 is 2.18 bits per heavy atom. The molecule has 6 aliphatic rings. The smallest absolute Gasteiger partial charge is 0.410 e. The Morgan fingerprint density at radius 2 is 1.53 bits per heavy atom. The fourth-order valence-electron chi connectivity index (χ4n) is 16.2. The van der Waals surface area contributed by atoms with Gasteiger partial charge in [0, 0.05) is 69.0 Å². The highest BCUT2D eigenvalue weighted by atomic mass is 35.5. The number of carbonyl (C=O) groups excluding carboxylic acids is 4. The maximum Gasteiger partial charge on any atom is 0.410 e. The monoisotopic (exact) mass is 1310 g/mol. The molecule has 2 bridgehead atoms. The average molecular weight is 1320 g/mol. The van der Waals surface area contributed by atoms with Crippen molar-refractivity contribution in [3.63, 3.8) is 0 Å². The van der Waals surface area contributed by atoms with E-state index in [4.69, 9.17) is 45.5 Å². The molecule has 2 aromatic heterocycles. The maximum atomic E-state index is 18.2. The first kappa shape index (κ1) is 67.7. The molecule has 11 rings (SSSR count). The number of halogens is 3. The number of methoxy groups -OCH3 is 1. The lowest BCUT2D eigenvalue weighted by atomic mass is 9.65. The lowest BCUT2D eigenvalue weighted by molar-refractivity contribution is -0.120. The van der Waals surface area contributed by atoms with E-state index in [1.165, 1.54) is 56.6 Å². The number of hydrogen-bond donors (Lipinski definition) is 1. The van der Waals surface area contributed by atoms with Crippen LogP contribution in [0.1, 0.15) is 168 Å². The number of rotatable bonds is 18. The predicted octanol–water partition coefficient (Wildman–Crippen LogP) is 14.7. The van der Waals surface area contributed by atoms with E-state index in [1.54, 1.807) is 42.6 Å². The SMILES string of the molecule is COCOc1cc(-c2ncc3c(N4CC5CCC(C4)N5C(=O)OC(C)(C)C)nc(OCC4CCN(CCCCC5CCC6(CC5)CCN(C(=O)c5ccc(Cl)c(N7CCC(=O)NC7=O)c5)CC6)CC4)nc3c2F)c2c(C#C[Si](C(C)C)(C(C)C)C(C)C)c(F)ccc2c1. The quantitative estimate of drug-likeness (QED) is 0.0380. The number of likely N-dealkylation sites (tertiary alicyclic amines) is 2. The van der Waals surface area contributed by atoms with Gasteiger partial charge in [-0.05, 0) is 187 Å². The van der Waals surface area contributed by atoms with Gasteiger partial charge in [0.15, 0.2) is 12.6 Å². The van der Waals surface area contributed by atoms with Gasteiger partial charge in [-0.25, -0.2) is 18.4 Å². The summed E-state index contributed by atoms with van der Waals surface area (Å²) in [7, 11) is -0.826. The molecule has 2 atom stereocenters. The van der Waals surface area contributed by atoms with Crippen LogP contribution >= 0.6 is 11.6 Å². The number of aromatic nitrogens is 3. The third-order valence-corrected chi connectivity index (χ3v) is 27.9. The van der Waals surface area contributed by atoms with Crippen molar-refractivity contribution in [1.82, 2.24) is 35.0 Å². The molecule has 5 aliphatic heterocycles. The number of amides is 5. The van der Waals surface area contributed by atoms with Gasteiger partial charge in [0.2, 0.25) is 5.91 Å². The molecule has 5 aromatic rings. The van der Waals surface area contributed by atoms with Crippen LogP contribution < -0.4 is 24.6 Å². The van der Waals surface area contributed by atoms with E-state index in [0.717, 1.165) is 70.5 Å². The van der Waals surface area contributed by atoms with Crippen LogP contribution in [0.25, 0.3) is 32.9 Å². The number of carbonyl (C=O) groups is 4. The van der Waals surface area contributed by atoms with Gasteiger partial charge in [0.25, 0.3) is 5.91 Å². The summed E-state index contributed by atoms with van der Waals surface area (Å²) >= 11 is 6.48. The van der Waals surface area contributed by atoms with Crippen molar-refractivity contribution in [3.8, 4) is 34.5 Å². The summed E-state index contributed by atoms with van der Waals surface area (Å²) < 4.78 is 58.6. The second-order valence-electron chi connectivity index (χ2n) is 29.1. The van der Waals surface area contributed by atoms with Crippen molar-refractivity contribution >= 4 is 76.8 Å². The van der Waals surface area contributed by atoms with E-state index in [1.807, 2.05) is 30.6 Å². The normalized spacial score (nSPS) is 20.1. The molecule has 0 radical (unpaired) electrons. The molecule has 17 nitrogen and oxygen atoms in total. The predicted molar refractivity (Wildman–Crippen MR) is 363 cm³/mol. The van der Waals surface area contributed by atoms with Crippen molar-refractivity contribution in [1.29, 1.82) is 0 Å². The molecule has 500 valence electrons. The molecule has 3 aromatic carbocycles. The minimum Gasteiger partial charge on any atom is -0.468 e. The first-order valence-electron chi connectivity index (χ1n) is 34.0. The minimum atomic E-state index is -2.35. The Labute approximate surface area is 553 Å². The van der Waals surface area contributed by atoms with Crippen LogP contribution in [-0.2, 0) is 14.3 Å². The van der Waals surface area contributed by atoms with E-state index in [-0.39, 0.29) is 83.9 Å². The number of anilines is 2. The van der Waals surface area contributed by atoms with Gasteiger partial charge in [-0.1, -0.05) is 78.0 Å². The summed E-state index contributed by atoms with van der Waals surface area (Å²) in [6.07, 6.45) is 15.3. The highest BCUT2D eigenvalue weighted by Gasteiger charge is 2.46. The summed E-state index contributed by atoms with van der Waals surface area (Å²) in [4.78, 5) is 76.4. The Bertz CT molecular complexity index is 3620. The lowest BCUT2D eigenvalue weighted by Crippen LogP contribution is -2.57. The van der Waals surface area contributed by atoms with Crippen molar-refractivity contribution in [2.24, 2.45) is 17.3 Å². The highest BCUT2D eigenvalue weighted by molar-refractivity contribution is 6.90. The van der Waals surface area contributed by atoms with Crippen LogP contribution in [0.4, 0.5) is 29.9 Å². The number of fused-ring (bicyclic) bond motifs is 4. The Morgan fingerprint density at radius 1 is 0.828 bits per heavy atom. The molecule has 21 heteroatoms. The van der Waals surface area contributed by atoms with Crippen molar-refractivity contribution in [2.45, 2.75) is 187 Å². The number of hydrogen-bond acceptors (Lipinski definition) is 13. The fraction of sp³-hybridized carbons (Fsp3) is 0.597. The van der Waals surface area contributed by atoms with E-state index >= 15 is 8.78 Å². The minimum absolute atomic E-state index is 0.0181. The number of piperidine rings is 2. The average Bonchev–Trinajstić information content (AvgIpc) is 0.976. The number of pyridine rings is 1. The molecule has 6 fully saturated rings. The second-order valence-corrected chi connectivity index (χ2v) is 35.1. The molecule has 1 aliphatic carbocycles. The van der Waals surface area contributed by atoms with Crippen LogP contribution in [0.3, 0.4) is 0 Å². The van der Waals surface area contributed by atoms with Crippen molar-refractivity contribution in [3.05, 3.63) is 76.4 Å². The zero-order chi connectivity index (χ0) is 66.1. The van der Waals surface area contributed by atoms with Gasteiger partial charge >= 0.3 is 18.1 Å². The zero-order valence-corrected chi connectivity index (χ0v) is 57.9. The Balaban J connectivity index is 0.747. The fourth-order valence-corrected chi connectivity index (χ4v) is 21.6. The van der Waals surface area contributed by atoms with E-state index in [0.29, 0.717) is 99.0 Å². The number of imide groups is 1. The van der Waals surface area contributed by atoms with Gasteiger partial charge in [-0.2, -0.15) is 9.97 Å². The molecule has 5 saturated heterocycles. The largest absolute Gasteiger partial charge is 0.468 e. The number of ether oxygens (including phenoxy) is 4. The maximum absolute atomic E-state index is 18.2. The summed E-state index contributed by atoms with van der Waals surface area (Å²) in [5, 5.41) is 4.12. The molecule has 1 spiro atoms. The Hall–Kier alpha value is -6.66. The second kappa shape index (κ2) is 28.3. The first-order valence-corrected chi connectivity index (χ1v) is 36.6. The molecule has 1 N–H and O–H groups in total. The van der Waals surface area contributed by atoms with Crippen LogP contribution in [0.5, 0.6) is 11.8 Å². The highest BCUT2D eigenvalue weighted by Crippen LogP contribution is 2.49. The number of unbranched alkanes of at least 4 members (excludes halogenated alkanes) is 1. The van der Waals surface area contributed by atoms with E-state index < -0.39 is 31.3 Å². The Kier molecular flexibility index (Phi) is 20.6. The molecule has 2 unspecified atom stereocenters. The van der Waals surface area contributed by atoms with Crippen molar-refractivity contribution < 1.29 is 46.9 Å². The molecule has 7 heterocycles. The summed E-state index contributed by atoms with van der Waals surface area (Å²) in [6.45, 7) is 24.7. The van der Waals surface area contributed by atoms with Crippen LogP contribution in [0.2, 0.25) is 21.6 Å².